The van der Waals surface area contributed by atoms with Crippen LogP contribution < -0.4 is 14.8 Å². The highest BCUT2D eigenvalue weighted by Gasteiger charge is 2.40. The van der Waals surface area contributed by atoms with Crippen LogP contribution in [0.4, 0.5) is 0 Å². The average Bonchev–Trinajstić information content (AvgIpc) is 3.01. The van der Waals surface area contributed by atoms with Crippen molar-refractivity contribution < 1.29 is 19.1 Å². The lowest BCUT2D eigenvalue weighted by Crippen LogP contribution is -2.44. The zero-order valence-corrected chi connectivity index (χ0v) is 15.0. The van der Waals surface area contributed by atoms with E-state index < -0.39 is 5.60 Å². The van der Waals surface area contributed by atoms with Crippen molar-refractivity contribution in [3.63, 3.8) is 0 Å². The molecule has 1 aliphatic rings. The lowest BCUT2D eigenvalue weighted by molar-refractivity contribution is -0.141. The molecule has 7 heteroatoms. The molecule has 0 aliphatic carbocycles. The number of oxime groups is 1. The Morgan fingerprint density at radius 2 is 2.04 bits per heavy atom. The molecule has 0 saturated carbocycles. The number of hydrogen-bond acceptors (Lipinski definition) is 6. The molecule has 136 valence electrons. The summed E-state index contributed by atoms with van der Waals surface area (Å²) in [4.78, 5) is 22.0. The van der Waals surface area contributed by atoms with Crippen molar-refractivity contribution in [1.82, 2.24) is 10.3 Å². The van der Waals surface area contributed by atoms with Crippen molar-refractivity contribution in [3.05, 3.63) is 48.2 Å². The molecule has 7 nitrogen and oxygen atoms in total. The van der Waals surface area contributed by atoms with Gasteiger partial charge in [0.2, 0.25) is 11.5 Å². The highest BCUT2D eigenvalue weighted by Crippen LogP contribution is 2.31. The second-order valence-corrected chi connectivity index (χ2v) is 6.23. The van der Waals surface area contributed by atoms with E-state index in [4.69, 9.17) is 14.3 Å². The minimum absolute atomic E-state index is 0.231. The van der Waals surface area contributed by atoms with Gasteiger partial charge >= 0.3 is 0 Å². The highest BCUT2D eigenvalue weighted by molar-refractivity contribution is 5.94. The first kappa shape index (κ1) is 17.7. The zero-order valence-electron chi connectivity index (χ0n) is 15.0. The zero-order chi connectivity index (χ0) is 18.6. The quantitative estimate of drug-likeness (QED) is 0.861. The monoisotopic (exact) mass is 355 g/mol. The molecular formula is C19H21N3O4. The van der Waals surface area contributed by atoms with Gasteiger partial charge in [0.15, 0.2) is 11.5 Å². The van der Waals surface area contributed by atoms with Gasteiger partial charge in [-0.1, -0.05) is 23.4 Å². The average molecular weight is 355 g/mol. The van der Waals surface area contributed by atoms with Gasteiger partial charge in [-0.15, -0.1) is 0 Å². The summed E-state index contributed by atoms with van der Waals surface area (Å²) < 4.78 is 11.2. The molecule has 3 rings (SSSR count). The number of carbonyl (C=O) groups excluding carboxylic acids is 1. The number of hydrogen-bond donors (Lipinski definition) is 1. The van der Waals surface area contributed by atoms with Gasteiger partial charge in [0.05, 0.1) is 12.8 Å². The number of ether oxygens (including phenoxy) is 2. The maximum absolute atomic E-state index is 12.5. The molecule has 0 saturated heterocycles. The van der Waals surface area contributed by atoms with Gasteiger partial charge in [-0.2, -0.15) is 0 Å². The molecule has 2 heterocycles. The number of rotatable bonds is 6. The molecule has 0 bridgehead atoms. The maximum atomic E-state index is 12.5. The smallest absolute Gasteiger partial charge is 0.267 e. The van der Waals surface area contributed by atoms with Gasteiger partial charge in [0, 0.05) is 24.7 Å². The Kier molecular flexibility index (Phi) is 5.06. The first-order chi connectivity index (χ1) is 12.5. The second-order valence-electron chi connectivity index (χ2n) is 6.23. The molecule has 1 aromatic heterocycles. The van der Waals surface area contributed by atoms with Crippen molar-refractivity contribution >= 4 is 11.6 Å². The molecule has 0 fully saturated rings. The maximum Gasteiger partial charge on any atom is 0.267 e. The molecule has 1 aliphatic heterocycles. The van der Waals surface area contributed by atoms with Crippen LogP contribution >= 0.6 is 0 Å². The van der Waals surface area contributed by atoms with Crippen LogP contribution in [-0.2, 0) is 16.2 Å². The minimum Gasteiger partial charge on any atom is -0.493 e. The van der Waals surface area contributed by atoms with Gasteiger partial charge in [0.1, 0.15) is 0 Å². The standard InChI is InChI=1S/C19H21N3O4/c1-13-11-19(2,26-22-13)18(23)21-12-14-7-6-10-20-17(14)25-16-9-5-4-8-15(16)24-3/h4-10H,11-12H2,1-3H3,(H,21,23)/t19-/m0/s1. The van der Waals surface area contributed by atoms with E-state index in [0.717, 1.165) is 11.3 Å². The van der Waals surface area contributed by atoms with E-state index in [-0.39, 0.29) is 12.5 Å². The summed E-state index contributed by atoms with van der Waals surface area (Å²) in [5, 5.41) is 6.73. The largest absolute Gasteiger partial charge is 0.493 e. The fourth-order valence-electron chi connectivity index (χ4n) is 2.67. The Bertz CT molecular complexity index is 837. The molecule has 2 aromatic rings. The van der Waals surface area contributed by atoms with Crippen molar-refractivity contribution in [3.8, 4) is 17.4 Å². The lowest BCUT2D eigenvalue weighted by atomic mass is 9.99. The summed E-state index contributed by atoms with van der Waals surface area (Å²) in [5.41, 5.74) is 0.561. The highest BCUT2D eigenvalue weighted by atomic mass is 16.7. The Hall–Kier alpha value is -3.09. The minimum atomic E-state index is -0.976. The van der Waals surface area contributed by atoms with Gasteiger partial charge < -0.3 is 19.6 Å². The molecule has 0 radical (unpaired) electrons. The fourth-order valence-corrected chi connectivity index (χ4v) is 2.67. The van der Waals surface area contributed by atoms with E-state index in [1.165, 1.54) is 0 Å². The summed E-state index contributed by atoms with van der Waals surface area (Å²) in [6, 6.07) is 10.9. The van der Waals surface area contributed by atoms with E-state index >= 15 is 0 Å². The molecule has 1 N–H and O–H groups in total. The number of para-hydroxylation sites is 2. The first-order valence-corrected chi connectivity index (χ1v) is 8.26. The number of aromatic nitrogens is 1. The SMILES string of the molecule is COc1ccccc1Oc1ncccc1CNC(=O)[C@]1(C)CC(C)=NO1. The third kappa shape index (κ3) is 3.77. The van der Waals surface area contributed by atoms with Crippen molar-refractivity contribution in [2.45, 2.75) is 32.4 Å². The van der Waals surface area contributed by atoms with Gasteiger partial charge in [-0.3, -0.25) is 4.79 Å². The molecule has 1 amide bonds. The normalized spacial score (nSPS) is 18.7. The summed E-state index contributed by atoms with van der Waals surface area (Å²) in [7, 11) is 1.58. The number of nitrogens with one attached hydrogen (secondary N) is 1. The molecule has 0 spiro atoms. The first-order valence-electron chi connectivity index (χ1n) is 8.26. The van der Waals surface area contributed by atoms with Crippen molar-refractivity contribution in [2.24, 2.45) is 5.16 Å². The third-order valence-corrected chi connectivity index (χ3v) is 4.04. The summed E-state index contributed by atoms with van der Waals surface area (Å²) in [5.74, 6) is 1.33. The van der Waals surface area contributed by atoms with Crippen molar-refractivity contribution in [2.75, 3.05) is 7.11 Å². The van der Waals surface area contributed by atoms with Crippen LogP contribution in [-0.4, -0.2) is 29.3 Å². The third-order valence-electron chi connectivity index (χ3n) is 4.04. The number of nitrogens with zero attached hydrogens (tertiary/aromatic N) is 2. The summed E-state index contributed by atoms with van der Waals surface area (Å²) in [6.07, 6.45) is 2.10. The Morgan fingerprint density at radius 3 is 2.73 bits per heavy atom. The van der Waals surface area contributed by atoms with Crippen LogP contribution in [0.3, 0.4) is 0 Å². The van der Waals surface area contributed by atoms with E-state index in [2.05, 4.69) is 15.5 Å². The van der Waals surface area contributed by atoms with E-state index in [1.807, 2.05) is 25.1 Å². The number of methoxy groups -OCH3 is 1. The van der Waals surface area contributed by atoms with Crippen LogP contribution in [0.5, 0.6) is 17.4 Å². The van der Waals surface area contributed by atoms with Gasteiger partial charge in [0.25, 0.3) is 5.91 Å². The number of pyridine rings is 1. The van der Waals surface area contributed by atoms with Gasteiger partial charge in [-0.05, 0) is 32.0 Å². The molecule has 26 heavy (non-hydrogen) atoms. The number of benzene rings is 1. The molecule has 1 aromatic carbocycles. The topological polar surface area (TPSA) is 82.0 Å². The van der Waals surface area contributed by atoms with Crippen LogP contribution in [0.1, 0.15) is 25.8 Å². The Balaban J connectivity index is 1.71. The number of carbonyl (C=O) groups is 1. The van der Waals surface area contributed by atoms with Gasteiger partial charge in [-0.25, -0.2) is 4.98 Å². The van der Waals surface area contributed by atoms with E-state index in [9.17, 15) is 4.79 Å². The number of amides is 1. The molecule has 1 atom stereocenters. The fraction of sp³-hybridized carbons (Fsp3) is 0.316. The second kappa shape index (κ2) is 7.43. The molecular weight excluding hydrogens is 334 g/mol. The Morgan fingerprint density at radius 1 is 1.27 bits per heavy atom. The lowest BCUT2D eigenvalue weighted by Gasteiger charge is -2.20. The summed E-state index contributed by atoms with van der Waals surface area (Å²) >= 11 is 0. The van der Waals surface area contributed by atoms with Crippen LogP contribution in [0.2, 0.25) is 0 Å². The van der Waals surface area contributed by atoms with Crippen LogP contribution in [0.25, 0.3) is 0 Å². The predicted molar refractivity (Wildman–Crippen MR) is 96.4 cm³/mol. The van der Waals surface area contributed by atoms with Crippen LogP contribution in [0, 0.1) is 0 Å². The molecule has 0 unspecified atom stereocenters. The van der Waals surface area contributed by atoms with E-state index in [1.54, 1.807) is 38.4 Å². The van der Waals surface area contributed by atoms with Crippen molar-refractivity contribution in [1.29, 1.82) is 0 Å². The Labute approximate surface area is 152 Å². The summed E-state index contributed by atoms with van der Waals surface area (Å²) in [6.45, 7) is 3.81. The predicted octanol–water partition coefficient (Wildman–Crippen LogP) is 3.05. The van der Waals surface area contributed by atoms with Crippen LogP contribution in [0.15, 0.2) is 47.8 Å². The van der Waals surface area contributed by atoms with E-state index in [0.29, 0.717) is 23.8 Å².